The molecule has 6 nitrogen and oxygen atoms in total. The van der Waals surface area contributed by atoms with Crippen molar-refractivity contribution in [1.82, 2.24) is 0 Å². The highest BCUT2D eigenvalue weighted by atomic mass is 16.5. The van der Waals surface area contributed by atoms with Gasteiger partial charge < -0.3 is 18.9 Å². The molecule has 0 heterocycles. The zero-order chi connectivity index (χ0) is 19.5. The Hall–Kier alpha value is -2.86. The second-order valence-electron chi connectivity index (χ2n) is 5.63. The van der Waals surface area contributed by atoms with Gasteiger partial charge in [0.1, 0.15) is 18.1 Å². The monoisotopic (exact) mass is 372 g/mol. The fourth-order valence-corrected chi connectivity index (χ4v) is 2.21. The van der Waals surface area contributed by atoms with Crippen LogP contribution < -0.4 is 9.47 Å². The van der Waals surface area contributed by atoms with Gasteiger partial charge >= 0.3 is 11.9 Å². The van der Waals surface area contributed by atoms with Gasteiger partial charge in [0, 0.05) is 6.61 Å². The van der Waals surface area contributed by atoms with E-state index < -0.39 is 11.9 Å². The van der Waals surface area contributed by atoms with Gasteiger partial charge in [-0.1, -0.05) is 19.1 Å². The molecule has 6 heteroatoms. The maximum Gasteiger partial charge on any atom is 0.343 e. The minimum absolute atomic E-state index is 0.272. The van der Waals surface area contributed by atoms with Crippen molar-refractivity contribution in [3.05, 3.63) is 59.7 Å². The first-order valence-corrected chi connectivity index (χ1v) is 8.94. The van der Waals surface area contributed by atoms with Crippen LogP contribution in [0.25, 0.3) is 0 Å². The molecular formula is C21H24O6. The summed E-state index contributed by atoms with van der Waals surface area (Å²) >= 11 is 0. The van der Waals surface area contributed by atoms with Crippen molar-refractivity contribution in [2.45, 2.75) is 20.3 Å². The van der Waals surface area contributed by atoms with Crippen LogP contribution in [0.3, 0.4) is 0 Å². The standard InChI is InChI=1S/C21H24O6/c1-3-11-26-20(22)16-7-6-10-19(15-16)27-21(23)17-8-5-9-18(14-17)25-13-12-24-4-2/h5-10,14-15H,3-4,11-13H2,1-2H3. The Morgan fingerprint density at radius 1 is 0.815 bits per heavy atom. The maximum atomic E-state index is 12.4. The Labute approximate surface area is 159 Å². The Bertz CT molecular complexity index is 756. The second kappa shape index (κ2) is 11.0. The van der Waals surface area contributed by atoms with Gasteiger partial charge in [-0.2, -0.15) is 0 Å². The third kappa shape index (κ3) is 6.75. The van der Waals surface area contributed by atoms with Crippen LogP contribution in [0.15, 0.2) is 48.5 Å². The zero-order valence-electron chi connectivity index (χ0n) is 15.6. The summed E-state index contributed by atoms with van der Waals surface area (Å²) in [4.78, 5) is 24.3. The molecule has 0 N–H and O–H groups in total. The fraction of sp³-hybridized carbons (Fsp3) is 0.333. The summed E-state index contributed by atoms with van der Waals surface area (Å²) in [6, 6.07) is 13.1. The van der Waals surface area contributed by atoms with Crippen LogP contribution in [0, 0.1) is 0 Å². The molecule has 0 saturated heterocycles. The molecule has 0 bridgehead atoms. The van der Waals surface area contributed by atoms with E-state index >= 15 is 0 Å². The molecule has 0 aromatic heterocycles. The molecule has 27 heavy (non-hydrogen) atoms. The molecule has 0 aliphatic rings. The number of ether oxygens (including phenoxy) is 4. The average Bonchev–Trinajstić information content (AvgIpc) is 2.70. The van der Waals surface area contributed by atoms with Crippen LogP contribution in [-0.4, -0.2) is 38.4 Å². The molecule has 144 valence electrons. The Morgan fingerprint density at radius 3 is 2.19 bits per heavy atom. The smallest absolute Gasteiger partial charge is 0.343 e. The van der Waals surface area contributed by atoms with Crippen molar-refractivity contribution in [2.75, 3.05) is 26.4 Å². The highest BCUT2D eigenvalue weighted by Gasteiger charge is 2.12. The second-order valence-corrected chi connectivity index (χ2v) is 5.63. The first-order valence-electron chi connectivity index (χ1n) is 8.94. The molecule has 0 aliphatic carbocycles. The van der Waals surface area contributed by atoms with Crippen molar-refractivity contribution in [3.8, 4) is 11.5 Å². The van der Waals surface area contributed by atoms with Gasteiger partial charge in [0.05, 0.1) is 24.3 Å². The number of carbonyl (C=O) groups excluding carboxylic acids is 2. The van der Waals surface area contributed by atoms with Crippen LogP contribution >= 0.6 is 0 Å². The molecule has 0 amide bonds. The highest BCUT2D eigenvalue weighted by Crippen LogP contribution is 2.18. The third-order valence-corrected chi connectivity index (χ3v) is 3.49. The summed E-state index contributed by atoms with van der Waals surface area (Å²) in [5.41, 5.74) is 0.685. The number of hydrogen-bond acceptors (Lipinski definition) is 6. The molecule has 0 saturated carbocycles. The topological polar surface area (TPSA) is 71.1 Å². The van der Waals surface area contributed by atoms with Gasteiger partial charge in [0.25, 0.3) is 0 Å². The van der Waals surface area contributed by atoms with Gasteiger partial charge in [-0.05, 0) is 49.7 Å². The number of hydrogen-bond donors (Lipinski definition) is 0. The Balaban J connectivity index is 1.99. The van der Waals surface area contributed by atoms with Crippen molar-refractivity contribution in [2.24, 2.45) is 0 Å². The van der Waals surface area contributed by atoms with Crippen LogP contribution in [0.5, 0.6) is 11.5 Å². The summed E-state index contributed by atoms with van der Waals surface area (Å²) < 4.78 is 21.2. The van der Waals surface area contributed by atoms with Gasteiger partial charge in [0.15, 0.2) is 0 Å². The molecule has 0 spiro atoms. The lowest BCUT2D eigenvalue weighted by Gasteiger charge is -2.09. The largest absolute Gasteiger partial charge is 0.491 e. The summed E-state index contributed by atoms with van der Waals surface area (Å²) in [5.74, 6) is -0.154. The Kier molecular flexibility index (Phi) is 8.32. The van der Waals surface area contributed by atoms with Gasteiger partial charge in [-0.3, -0.25) is 0 Å². The van der Waals surface area contributed by atoms with Crippen LogP contribution in [0.1, 0.15) is 41.0 Å². The predicted molar refractivity (Wildman–Crippen MR) is 100 cm³/mol. The molecule has 0 unspecified atom stereocenters. The first kappa shape index (κ1) is 20.5. The molecule has 0 fully saturated rings. The molecule has 2 aromatic carbocycles. The van der Waals surface area contributed by atoms with E-state index in [4.69, 9.17) is 18.9 Å². The number of esters is 2. The molecular weight excluding hydrogens is 348 g/mol. The average molecular weight is 372 g/mol. The lowest BCUT2D eigenvalue weighted by Crippen LogP contribution is -2.11. The minimum Gasteiger partial charge on any atom is -0.491 e. The van der Waals surface area contributed by atoms with Crippen LogP contribution in [-0.2, 0) is 9.47 Å². The van der Waals surface area contributed by atoms with Crippen molar-refractivity contribution in [3.63, 3.8) is 0 Å². The van der Waals surface area contributed by atoms with E-state index in [1.807, 2.05) is 13.8 Å². The maximum absolute atomic E-state index is 12.4. The fourth-order valence-electron chi connectivity index (χ4n) is 2.21. The van der Waals surface area contributed by atoms with Crippen LogP contribution in [0.4, 0.5) is 0 Å². The summed E-state index contributed by atoms with van der Waals surface area (Å²) in [6.45, 7) is 5.68. The number of benzene rings is 2. The summed E-state index contributed by atoms with van der Waals surface area (Å²) in [6.07, 6.45) is 0.739. The van der Waals surface area contributed by atoms with Crippen LogP contribution in [0.2, 0.25) is 0 Å². The third-order valence-electron chi connectivity index (χ3n) is 3.49. The highest BCUT2D eigenvalue weighted by molar-refractivity contribution is 5.93. The summed E-state index contributed by atoms with van der Waals surface area (Å²) in [5, 5.41) is 0. The first-order chi connectivity index (χ1) is 13.1. The SMILES string of the molecule is CCCOC(=O)c1cccc(OC(=O)c2cccc(OCCOCC)c2)c1. The van der Waals surface area contributed by atoms with E-state index in [0.29, 0.717) is 43.3 Å². The quantitative estimate of drug-likeness (QED) is 0.358. The molecule has 2 aromatic rings. The normalized spacial score (nSPS) is 10.3. The van der Waals surface area contributed by atoms with E-state index in [2.05, 4.69) is 0 Å². The number of rotatable bonds is 10. The van der Waals surface area contributed by atoms with Gasteiger partial charge in [-0.25, -0.2) is 9.59 Å². The van der Waals surface area contributed by atoms with E-state index in [0.717, 1.165) is 6.42 Å². The molecule has 0 atom stereocenters. The minimum atomic E-state index is -0.538. The summed E-state index contributed by atoms with van der Waals surface area (Å²) in [7, 11) is 0. The lowest BCUT2D eigenvalue weighted by molar-refractivity contribution is 0.0503. The van der Waals surface area contributed by atoms with E-state index in [1.54, 1.807) is 42.5 Å². The number of carbonyl (C=O) groups is 2. The Morgan fingerprint density at radius 2 is 1.48 bits per heavy atom. The zero-order valence-corrected chi connectivity index (χ0v) is 15.6. The molecule has 2 rings (SSSR count). The van der Waals surface area contributed by atoms with E-state index in [-0.39, 0.29) is 5.75 Å². The van der Waals surface area contributed by atoms with Crippen molar-refractivity contribution in [1.29, 1.82) is 0 Å². The van der Waals surface area contributed by atoms with Crippen molar-refractivity contribution < 1.29 is 28.5 Å². The molecule has 0 aliphatic heterocycles. The van der Waals surface area contributed by atoms with Gasteiger partial charge in [-0.15, -0.1) is 0 Å². The predicted octanol–water partition coefficient (Wildman–Crippen LogP) is 3.89. The van der Waals surface area contributed by atoms with Crippen molar-refractivity contribution >= 4 is 11.9 Å². The lowest BCUT2D eigenvalue weighted by atomic mass is 10.2. The van der Waals surface area contributed by atoms with E-state index in [1.165, 1.54) is 6.07 Å². The molecule has 0 radical (unpaired) electrons. The van der Waals surface area contributed by atoms with Gasteiger partial charge in [0.2, 0.25) is 0 Å². The van der Waals surface area contributed by atoms with E-state index in [9.17, 15) is 9.59 Å².